The summed E-state index contributed by atoms with van der Waals surface area (Å²) in [5, 5.41) is 19.0. The fourth-order valence-corrected chi connectivity index (χ4v) is 7.16. The van der Waals surface area contributed by atoms with Crippen molar-refractivity contribution in [3.8, 4) is 11.5 Å². The lowest BCUT2D eigenvalue weighted by atomic mass is 10.1. The van der Waals surface area contributed by atoms with E-state index in [9.17, 15) is 19.6 Å². The van der Waals surface area contributed by atoms with Crippen LogP contribution in [-0.4, -0.2) is 125 Å². The molecule has 19 heteroatoms. The van der Waals surface area contributed by atoms with Crippen molar-refractivity contribution in [2.24, 2.45) is 5.73 Å². The van der Waals surface area contributed by atoms with Crippen LogP contribution in [0.25, 0.3) is 11.0 Å². The number of piperazine rings is 1. The number of carbonyl (C=O) groups is 2. The smallest absolute Gasteiger partial charge is 0.330 e. The number of fused-ring (bicyclic) bond motifs is 1. The summed E-state index contributed by atoms with van der Waals surface area (Å²) < 4.78 is 24.1. The second-order valence-electron chi connectivity index (χ2n) is 14.3. The Morgan fingerprint density at radius 1 is 0.933 bits per heavy atom. The number of hydrogen-bond donors (Lipinski definition) is 7. The van der Waals surface area contributed by atoms with Gasteiger partial charge in [0.1, 0.15) is 22.5 Å². The summed E-state index contributed by atoms with van der Waals surface area (Å²) in [4.78, 5) is 48.2. The first kappa shape index (κ1) is 46.2. The zero-order valence-corrected chi connectivity index (χ0v) is 35.5. The molecule has 326 valence electrons. The van der Waals surface area contributed by atoms with Gasteiger partial charge in [-0.05, 0) is 41.8 Å². The number of amides is 2. The van der Waals surface area contributed by atoms with E-state index >= 15 is 0 Å². The van der Waals surface area contributed by atoms with Gasteiger partial charge in [-0.2, -0.15) is 4.98 Å². The molecule has 1 aliphatic rings. The second-order valence-corrected chi connectivity index (χ2v) is 15.3. The van der Waals surface area contributed by atoms with Crippen LogP contribution in [0, 0.1) is 12.3 Å². The van der Waals surface area contributed by atoms with Gasteiger partial charge in [0.2, 0.25) is 17.8 Å². The topological polar surface area (TPSA) is 237 Å². The molecular formula is C41H59N10O8P. The van der Waals surface area contributed by atoms with Crippen LogP contribution in [0.4, 0.5) is 17.5 Å². The van der Waals surface area contributed by atoms with Crippen LogP contribution in [0.5, 0.6) is 11.5 Å². The number of phenolic OH excluding ortho intramolecular Hbond substituents is 1. The van der Waals surface area contributed by atoms with Crippen molar-refractivity contribution in [1.29, 1.82) is 0 Å². The molecule has 0 spiro atoms. The van der Waals surface area contributed by atoms with Gasteiger partial charge in [0, 0.05) is 83.5 Å². The Morgan fingerprint density at radius 3 is 2.52 bits per heavy atom. The largest absolute Gasteiger partial charge is 0.506 e. The average Bonchev–Trinajstić information content (AvgIpc) is 3.64. The fourth-order valence-electron chi connectivity index (χ4n) is 6.59. The summed E-state index contributed by atoms with van der Waals surface area (Å²) in [6.07, 6.45) is 6.68. The zero-order chi connectivity index (χ0) is 42.7. The van der Waals surface area contributed by atoms with E-state index in [4.69, 9.17) is 30.0 Å². The Balaban J connectivity index is 0.998. The number of phenols is 1. The lowest BCUT2D eigenvalue weighted by Gasteiger charge is -2.34. The van der Waals surface area contributed by atoms with Crippen molar-refractivity contribution >= 4 is 48.9 Å². The molecule has 1 saturated heterocycles. The van der Waals surface area contributed by atoms with Gasteiger partial charge in [0.15, 0.2) is 5.82 Å². The van der Waals surface area contributed by atoms with Gasteiger partial charge in [-0.1, -0.05) is 38.0 Å². The van der Waals surface area contributed by atoms with Crippen LogP contribution in [0.1, 0.15) is 55.7 Å². The number of rotatable bonds is 26. The van der Waals surface area contributed by atoms with Gasteiger partial charge in [-0.3, -0.25) is 24.0 Å². The summed E-state index contributed by atoms with van der Waals surface area (Å²) in [5.74, 6) is 0.944. The monoisotopic (exact) mass is 850 g/mol. The highest BCUT2D eigenvalue weighted by atomic mass is 31.2. The predicted octanol–water partition coefficient (Wildman–Crippen LogP) is 3.36. The number of nitrogen functional groups attached to an aromatic ring is 1. The molecule has 9 N–H and O–H groups in total. The number of ether oxygens (including phenoxy) is 2. The summed E-state index contributed by atoms with van der Waals surface area (Å²) in [7, 11) is -0.455. The highest BCUT2D eigenvalue weighted by Crippen LogP contribution is 2.35. The Morgan fingerprint density at radius 2 is 1.73 bits per heavy atom. The minimum Gasteiger partial charge on any atom is -0.506 e. The molecule has 0 saturated carbocycles. The molecule has 1 fully saturated rings. The quantitative estimate of drug-likeness (QED) is 0.0273. The molecule has 1 unspecified atom stereocenters. The number of anilines is 3. The van der Waals surface area contributed by atoms with E-state index in [1.807, 2.05) is 4.57 Å². The van der Waals surface area contributed by atoms with Gasteiger partial charge < -0.3 is 55.9 Å². The van der Waals surface area contributed by atoms with Gasteiger partial charge in [-0.15, -0.1) is 0 Å². The second kappa shape index (κ2) is 24.4. The number of nitrogens with two attached hydrogens (primary N) is 2. The van der Waals surface area contributed by atoms with Crippen molar-refractivity contribution in [3.05, 3.63) is 65.4 Å². The standard InChI is InChI=1S/C41H59N10O8P/c1-3-4-5-14-45-40-39-33(47-41(43)48-40)11-16-51(39)28-32-8-6-30(26-36(32)56-2)27-50-19-17-49(18-20-50)21-24-58-60(55)59-29-31-7-9-35(52)34(25-31)46-38(54)10-15-44-37(53)12-22-57-23-13-42/h6-9,25-26,52,55H,3-5,10,12-15,17-24,27-29,42H2,1-2H3,(H,44,53)(H,46,54)(H3,43,45,47,48). The third-order valence-corrected chi connectivity index (χ3v) is 10.6. The summed E-state index contributed by atoms with van der Waals surface area (Å²) in [5.41, 5.74) is 15.7. The highest BCUT2D eigenvalue weighted by Gasteiger charge is 2.19. The summed E-state index contributed by atoms with van der Waals surface area (Å²) in [6.45, 7) is 9.86. The van der Waals surface area contributed by atoms with Crippen LogP contribution in [0.2, 0.25) is 0 Å². The maximum atomic E-state index is 12.4. The van der Waals surface area contributed by atoms with Gasteiger partial charge in [-0.25, -0.2) is 4.98 Å². The van der Waals surface area contributed by atoms with E-state index < -0.39 is 8.60 Å². The Hall–Kier alpha value is -4.83. The van der Waals surface area contributed by atoms with Crippen molar-refractivity contribution in [3.63, 3.8) is 0 Å². The first-order valence-corrected chi connectivity index (χ1v) is 21.5. The molecule has 0 aliphatic carbocycles. The third-order valence-electron chi connectivity index (χ3n) is 9.80. The zero-order valence-electron chi connectivity index (χ0n) is 34.6. The number of benzene rings is 2. The number of aromatic nitrogens is 3. The molecular weight excluding hydrogens is 791 g/mol. The molecule has 3 heterocycles. The van der Waals surface area contributed by atoms with E-state index in [1.54, 1.807) is 19.2 Å². The van der Waals surface area contributed by atoms with E-state index in [0.717, 1.165) is 80.9 Å². The third kappa shape index (κ3) is 14.7. The molecule has 1 aliphatic heterocycles. The molecule has 5 rings (SSSR count). The first-order valence-electron chi connectivity index (χ1n) is 20.4. The normalized spacial score (nSPS) is 13.9. The molecule has 60 heavy (non-hydrogen) atoms. The Labute approximate surface area is 352 Å². The molecule has 2 amide bonds. The first-order chi connectivity index (χ1) is 29.1. The number of nitrogens with one attached hydrogen (secondary N) is 3. The minimum atomic E-state index is -2.14. The van der Waals surface area contributed by atoms with Crippen molar-refractivity contribution in [1.82, 2.24) is 29.7 Å². The number of aromatic hydroxyl groups is 1. The van der Waals surface area contributed by atoms with Crippen LogP contribution < -0.4 is 32.2 Å². The SMILES string of the molecule is CCCCCNc1nc(N)nc2c#cn(Cc3ccc(CN4CCN(CCOP(O)OCc5ccc(O)c(NC(=O)CCNC(=O)CCOCCN)c5)CC4)cc3OC)c12. The Bertz CT molecular complexity index is 1960. The van der Waals surface area contributed by atoms with E-state index in [-0.39, 0.29) is 61.8 Å². The lowest BCUT2D eigenvalue weighted by Crippen LogP contribution is -2.46. The predicted molar refractivity (Wildman–Crippen MR) is 230 cm³/mol. The van der Waals surface area contributed by atoms with Gasteiger partial charge in [0.05, 0.1) is 45.8 Å². The van der Waals surface area contributed by atoms with Gasteiger partial charge >= 0.3 is 8.60 Å². The number of nitrogens with zero attached hydrogens (tertiary/aromatic N) is 5. The number of methoxy groups -OCH3 is 1. The average molecular weight is 851 g/mol. The van der Waals surface area contributed by atoms with Crippen LogP contribution >= 0.6 is 8.60 Å². The highest BCUT2D eigenvalue weighted by molar-refractivity contribution is 7.40. The maximum absolute atomic E-state index is 12.4. The fraction of sp³-hybridized carbons (Fsp3) is 0.512. The molecule has 2 aromatic carbocycles. The molecule has 0 bridgehead atoms. The molecule has 2 aromatic heterocycles. The maximum Gasteiger partial charge on any atom is 0.330 e. The van der Waals surface area contributed by atoms with Crippen molar-refractivity contribution < 1.29 is 38.1 Å². The lowest BCUT2D eigenvalue weighted by molar-refractivity contribution is -0.122. The number of unbranched alkanes of at least 4 members (excludes halogenated alkanes) is 2. The van der Waals surface area contributed by atoms with Crippen LogP contribution in [0.15, 0.2) is 36.4 Å². The summed E-state index contributed by atoms with van der Waals surface area (Å²) in [6, 6.07) is 14.1. The van der Waals surface area contributed by atoms with Crippen molar-refractivity contribution in [2.75, 3.05) is 95.7 Å². The van der Waals surface area contributed by atoms with Crippen molar-refractivity contribution in [2.45, 2.75) is 58.7 Å². The molecule has 0 radical (unpaired) electrons. The molecule has 4 aromatic rings. The van der Waals surface area contributed by atoms with E-state index in [0.29, 0.717) is 49.7 Å². The van der Waals surface area contributed by atoms with Crippen LogP contribution in [0.3, 0.4) is 0 Å². The Kier molecular flexibility index (Phi) is 18.8. The summed E-state index contributed by atoms with van der Waals surface area (Å²) >= 11 is 0. The molecule has 18 nitrogen and oxygen atoms in total. The minimum absolute atomic E-state index is 0.0144. The van der Waals surface area contributed by atoms with E-state index in [2.05, 4.69) is 73.1 Å². The molecule has 1 atom stereocenters. The van der Waals surface area contributed by atoms with E-state index in [1.165, 1.54) is 6.07 Å². The van der Waals surface area contributed by atoms with Crippen LogP contribution in [-0.2, 0) is 43.1 Å². The van der Waals surface area contributed by atoms with Gasteiger partial charge in [0.25, 0.3) is 0 Å². The number of hydrogen-bond acceptors (Lipinski definition) is 15. The number of carbonyl (C=O) groups excluding carboxylic acids is 2.